The van der Waals surface area contributed by atoms with Crippen LogP contribution in [0, 0.1) is 17.8 Å². The summed E-state index contributed by atoms with van der Waals surface area (Å²) in [4.78, 5) is 0. The van der Waals surface area contributed by atoms with Crippen LogP contribution in [-0.2, 0) is 33.8 Å². The smallest absolute Gasteiger partial charge is 0.397 e. The summed E-state index contributed by atoms with van der Waals surface area (Å²) in [6.07, 6.45) is 2.80. The van der Waals surface area contributed by atoms with Crippen LogP contribution in [0.25, 0.3) is 0 Å². The van der Waals surface area contributed by atoms with Gasteiger partial charge in [0.1, 0.15) is 19.0 Å². The van der Waals surface area contributed by atoms with E-state index in [1.54, 1.807) is 0 Å². The summed E-state index contributed by atoms with van der Waals surface area (Å²) in [6, 6.07) is 4.42. The van der Waals surface area contributed by atoms with E-state index in [4.69, 9.17) is 9.29 Å². The van der Waals surface area contributed by atoms with E-state index < -0.39 is 10.4 Å². The highest BCUT2D eigenvalue weighted by Gasteiger charge is 2.16. The van der Waals surface area contributed by atoms with Gasteiger partial charge in [-0.2, -0.15) is 8.42 Å². The Morgan fingerprint density at radius 1 is 0.846 bits per heavy atom. The summed E-state index contributed by atoms with van der Waals surface area (Å²) < 4.78 is 40.4. The van der Waals surface area contributed by atoms with E-state index in [0.29, 0.717) is 17.8 Å². The molecule has 1 aromatic rings. The third-order valence-corrected chi connectivity index (χ3v) is 4.23. The van der Waals surface area contributed by atoms with Gasteiger partial charge in [-0.05, 0) is 53.7 Å². The molecular weight excluding hydrogens is 352 g/mol. The fraction of sp³-hybridized carbons (Fsp3) is 0.700. The van der Waals surface area contributed by atoms with E-state index in [9.17, 15) is 8.42 Å². The molecule has 0 aliphatic carbocycles. The van der Waals surface area contributed by atoms with Crippen molar-refractivity contribution in [3.8, 4) is 5.75 Å². The van der Waals surface area contributed by atoms with Crippen LogP contribution in [0.1, 0.15) is 58.2 Å². The van der Waals surface area contributed by atoms with E-state index in [1.165, 1.54) is 5.56 Å². The van der Waals surface area contributed by atoms with Crippen LogP contribution >= 0.6 is 0 Å². The van der Waals surface area contributed by atoms with Crippen molar-refractivity contribution in [3.05, 3.63) is 28.8 Å². The molecule has 0 amide bonds. The van der Waals surface area contributed by atoms with Gasteiger partial charge in [0, 0.05) is 0 Å². The molecule has 0 saturated carbocycles. The molecule has 150 valence electrons. The van der Waals surface area contributed by atoms with Gasteiger partial charge in [0.05, 0.1) is 0 Å². The van der Waals surface area contributed by atoms with Crippen LogP contribution in [0.5, 0.6) is 5.75 Å². The minimum Gasteiger partial charge on any atom is -0.491 e. The zero-order valence-electron chi connectivity index (χ0n) is 16.9. The Kier molecular flexibility index (Phi) is 9.07. The van der Waals surface area contributed by atoms with Crippen LogP contribution < -0.4 is 4.74 Å². The van der Waals surface area contributed by atoms with Crippen molar-refractivity contribution in [2.75, 3.05) is 13.2 Å². The lowest BCUT2D eigenvalue weighted by Crippen LogP contribution is -2.14. The standard InChI is InChI=1S/C20H34O5S/c1-14(2)9-17-12-18(10-15(3)4)20(19(13-17)11-16(5)6)24-7-8-25-26(21,22)23/h12-16H,7-11H2,1-6H3,(H,21,22,23). The number of rotatable bonds is 11. The molecule has 1 rings (SSSR count). The largest absolute Gasteiger partial charge is 0.491 e. The van der Waals surface area contributed by atoms with Gasteiger partial charge >= 0.3 is 10.4 Å². The SMILES string of the molecule is CC(C)Cc1cc(CC(C)C)c(OCCOS(=O)(=O)O)c(CC(C)C)c1. The quantitative estimate of drug-likeness (QED) is 0.448. The Morgan fingerprint density at radius 3 is 1.69 bits per heavy atom. The summed E-state index contributed by atoms with van der Waals surface area (Å²) in [6.45, 7) is 13.0. The van der Waals surface area contributed by atoms with Crippen LogP contribution in [0.2, 0.25) is 0 Å². The van der Waals surface area contributed by atoms with Gasteiger partial charge in [0.15, 0.2) is 0 Å². The molecule has 0 spiro atoms. The fourth-order valence-electron chi connectivity index (χ4n) is 3.07. The highest BCUT2D eigenvalue weighted by molar-refractivity contribution is 7.80. The van der Waals surface area contributed by atoms with Crippen LogP contribution in [-0.4, -0.2) is 26.2 Å². The number of hydrogen-bond donors (Lipinski definition) is 1. The predicted molar refractivity (Wildman–Crippen MR) is 105 cm³/mol. The second kappa shape index (κ2) is 10.3. The normalized spacial score (nSPS) is 12.4. The summed E-state index contributed by atoms with van der Waals surface area (Å²) in [5, 5.41) is 0. The summed E-state index contributed by atoms with van der Waals surface area (Å²) >= 11 is 0. The van der Waals surface area contributed by atoms with Gasteiger partial charge in [0.2, 0.25) is 0 Å². The lowest BCUT2D eigenvalue weighted by atomic mass is 9.90. The van der Waals surface area contributed by atoms with Crippen molar-refractivity contribution in [3.63, 3.8) is 0 Å². The van der Waals surface area contributed by atoms with Gasteiger partial charge in [0.25, 0.3) is 0 Å². The van der Waals surface area contributed by atoms with E-state index in [1.807, 2.05) is 0 Å². The van der Waals surface area contributed by atoms with Gasteiger partial charge in [-0.1, -0.05) is 53.7 Å². The Hall–Kier alpha value is -1.11. The molecule has 0 atom stereocenters. The van der Waals surface area contributed by atoms with Crippen molar-refractivity contribution >= 4 is 10.4 Å². The molecular formula is C20H34O5S. The predicted octanol–water partition coefficient (Wildman–Crippen LogP) is 4.48. The molecule has 0 bridgehead atoms. The molecule has 6 heteroatoms. The molecule has 0 aliphatic rings. The van der Waals surface area contributed by atoms with Crippen molar-refractivity contribution in [2.45, 2.75) is 60.8 Å². The first-order valence-corrected chi connectivity index (χ1v) is 10.7. The van der Waals surface area contributed by atoms with Crippen LogP contribution in [0.4, 0.5) is 0 Å². The molecule has 5 nitrogen and oxygen atoms in total. The maximum Gasteiger partial charge on any atom is 0.397 e. The van der Waals surface area contributed by atoms with Crippen molar-refractivity contribution in [2.24, 2.45) is 17.8 Å². The minimum atomic E-state index is -4.44. The average Bonchev–Trinajstić information content (AvgIpc) is 2.42. The number of ether oxygens (including phenoxy) is 1. The highest BCUT2D eigenvalue weighted by Crippen LogP contribution is 2.31. The maximum absolute atomic E-state index is 10.7. The Balaban J connectivity index is 3.14. The molecule has 0 unspecified atom stereocenters. The molecule has 0 aliphatic heterocycles. The van der Waals surface area contributed by atoms with Crippen molar-refractivity contribution in [1.29, 1.82) is 0 Å². The summed E-state index contributed by atoms with van der Waals surface area (Å²) in [5.41, 5.74) is 3.62. The molecule has 1 N–H and O–H groups in total. The third-order valence-electron chi connectivity index (χ3n) is 3.76. The number of hydrogen-bond acceptors (Lipinski definition) is 4. The first-order chi connectivity index (χ1) is 12.0. The molecule has 0 saturated heterocycles. The third kappa shape index (κ3) is 9.01. The monoisotopic (exact) mass is 386 g/mol. The maximum atomic E-state index is 10.7. The lowest BCUT2D eigenvalue weighted by Gasteiger charge is -2.20. The zero-order chi connectivity index (χ0) is 19.9. The van der Waals surface area contributed by atoms with Crippen molar-refractivity contribution < 1.29 is 21.9 Å². The average molecular weight is 387 g/mol. The minimum absolute atomic E-state index is 0.0690. The van der Waals surface area contributed by atoms with Gasteiger partial charge in [-0.15, -0.1) is 0 Å². The second-order valence-corrected chi connectivity index (χ2v) is 9.23. The van der Waals surface area contributed by atoms with E-state index >= 15 is 0 Å². The van der Waals surface area contributed by atoms with Gasteiger partial charge in [-0.3, -0.25) is 4.55 Å². The molecule has 0 radical (unpaired) electrons. The van der Waals surface area contributed by atoms with E-state index in [0.717, 1.165) is 36.1 Å². The van der Waals surface area contributed by atoms with E-state index in [2.05, 4.69) is 57.9 Å². The molecule has 1 aromatic carbocycles. The Morgan fingerprint density at radius 2 is 1.31 bits per heavy atom. The zero-order valence-corrected chi connectivity index (χ0v) is 17.7. The first kappa shape index (κ1) is 22.9. The van der Waals surface area contributed by atoms with Gasteiger partial charge < -0.3 is 4.74 Å². The van der Waals surface area contributed by atoms with Crippen LogP contribution in [0.3, 0.4) is 0 Å². The molecule has 26 heavy (non-hydrogen) atoms. The lowest BCUT2D eigenvalue weighted by molar-refractivity contribution is 0.199. The van der Waals surface area contributed by atoms with Crippen LogP contribution in [0.15, 0.2) is 12.1 Å². The first-order valence-electron chi connectivity index (χ1n) is 9.37. The fourth-order valence-corrected chi connectivity index (χ4v) is 3.35. The van der Waals surface area contributed by atoms with E-state index in [-0.39, 0.29) is 13.2 Å². The number of benzene rings is 1. The molecule has 0 fully saturated rings. The Bertz CT molecular complexity index is 632. The highest BCUT2D eigenvalue weighted by atomic mass is 32.3. The molecule has 0 heterocycles. The topological polar surface area (TPSA) is 72.8 Å². The van der Waals surface area contributed by atoms with Crippen molar-refractivity contribution in [1.82, 2.24) is 0 Å². The molecule has 0 aromatic heterocycles. The summed E-state index contributed by atoms with van der Waals surface area (Å²) in [5.74, 6) is 2.36. The second-order valence-electron chi connectivity index (χ2n) is 8.14. The summed E-state index contributed by atoms with van der Waals surface area (Å²) in [7, 11) is -4.44. The Labute approximate surface area is 159 Å². The van der Waals surface area contributed by atoms with Gasteiger partial charge in [-0.25, -0.2) is 4.18 Å².